The Balaban J connectivity index is 0.000000302. The molecule has 6 heteroatoms. The summed E-state index contributed by atoms with van der Waals surface area (Å²) in [4.78, 5) is 30.4. The van der Waals surface area contributed by atoms with Crippen LogP contribution in [0.15, 0.2) is 0 Å². The number of esters is 2. The Morgan fingerprint density at radius 3 is 2.18 bits per heavy atom. The molecule has 0 aliphatic heterocycles. The number of hydrogen-bond acceptors (Lipinski definition) is 5. The number of nitriles is 1. The van der Waals surface area contributed by atoms with Gasteiger partial charge >= 0.3 is 17.9 Å². The van der Waals surface area contributed by atoms with Crippen molar-refractivity contribution in [3.8, 4) is 6.07 Å². The molecule has 0 aromatic heterocycles. The molecular weight excluding hydrogens is 226 g/mol. The maximum atomic E-state index is 10.2. The van der Waals surface area contributed by atoms with E-state index in [9.17, 15) is 14.4 Å². The molecule has 6 nitrogen and oxygen atoms in total. The zero-order valence-corrected chi connectivity index (χ0v) is 9.64. The number of ether oxygens (including phenoxy) is 1. The fourth-order valence-electron chi connectivity index (χ4n) is 1.43. The van der Waals surface area contributed by atoms with Crippen molar-refractivity contribution >= 4 is 17.9 Å². The van der Waals surface area contributed by atoms with Crippen LogP contribution in [-0.4, -0.2) is 23.0 Å². The van der Waals surface area contributed by atoms with E-state index in [4.69, 9.17) is 10.4 Å². The molecule has 1 fully saturated rings. The average molecular weight is 241 g/mol. The van der Waals surface area contributed by atoms with Crippen LogP contribution in [0.2, 0.25) is 0 Å². The first-order valence-electron chi connectivity index (χ1n) is 5.28. The van der Waals surface area contributed by atoms with Gasteiger partial charge in [-0.3, -0.25) is 14.4 Å². The standard InChI is InChI=1S/C6H10O2.C5H5NO3/c7-6(8)5-3-1-2-4-5;1-4(7)9-5(8)2-3-6/h5H,1-4H2,(H,7,8);2H2,1H3. The number of carbonyl (C=O) groups excluding carboxylic acids is 2. The summed E-state index contributed by atoms with van der Waals surface area (Å²) in [5.41, 5.74) is 0. The van der Waals surface area contributed by atoms with Gasteiger partial charge in [-0.2, -0.15) is 5.26 Å². The number of carbonyl (C=O) groups is 3. The first-order chi connectivity index (χ1) is 7.97. The summed E-state index contributed by atoms with van der Waals surface area (Å²) >= 11 is 0. The second kappa shape index (κ2) is 8.28. The van der Waals surface area contributed by atoms with Crippen molar-refractivity contribution in [2.24, 2.45) is 5.92 Å². The number of carboxylic acid groups (broad SMARTS) is 1. The van der Waals surface area contributed by atoms with Gasteiger partial charge in [0, 0.05) is 6.92 Å². The largest absolute Gasteiger partial charge is 0.481 e. The Kier molecular flexibility index (Phi) is 7.35. The third-order valence-corrected chi connectivity index (χ3v) is 2.19. The van der Waals surface area contributed by atoms with Crippen molar-refractivity contribution in [2.75, 3.05) is 0 Å². The first kappa shape index (κ1) is 15.1. The van der Waals surface area contributed by atoms with Crippen molar-refractivity contribution in [1.82, 2.24) is 0 Å². The zero-order chi connectivity index (χ0) is 13.3. The SMILES string of the molecule is CC(=O)OC(=O)CC#N.O=C(O)C1CCCC1. The lowest BCUT2D eigenvalue weighted by Gasteiger charge is -1.97. The highest BCUT2D eigenvalue weighted by atomic mass is 16.6. The van der Waals surface area contributed by atoms with Gasteiger partial charge in [0.1, 0.15) is 6.42 Å². The molecule has 0 unspecified atom stereocenters. The van der Waals surface area contributed by atoms with Gasteiger partial charge in [-0.25, -0.2) is 0 Å². The lowest BCUT2D eigenvalue weighted by Crippen LogP contribution is -2.07. The van der Waals surface area contributed by atoms with Crippen molar-refractivity contribution in [2.45, 2.75) is 39.0 Å². The third kappa shape index (κ3) is 7.96. The van der Waals surface area contributed by atoms with Crippen LogP contribution in [0.5, 0.6) is 0 Å². The minimum atomic E-state index is -0.801. The Bertz CT molecular complexity index is 325. The van der Waals surface area contributed by atoms with Crippen LogP contribution in [0.4, 0.5) is 0 Å². The Morgan fingerprint density at radius 2 is 1.88 bits per heavy atom. The predicted octanol–water partition coefficient (Wildman–Crippen LogP) is 1.25. The molecule has 1 N–H and O–H groups in total. The van der Waals surface area contributed by atoms with E-state index in [0.717, 1.165) is 32.6 Å². The highest BCUT2D eigenvalue weighted by Crippen LogP contribution is 2.24. The minimum Gasteiger partial charge on any atom is -0.481 e. The van der Waals surface area contributed by atoms with Crippen molar-refractivity contribution < 1.29 is 24.2 Å². The third-order valence-electron chi connectivity index (χ3n) is 2.19. The van der Waals surface area contributed by atoms with E-state index >= 15 is 0 Å². The van der Waals surface area contributed by atoms with E-state index in [1.807, 2.05) is 0 Å². The molecular formula is C11H15NO5. The van der Waals surface area contributed by atoms with Crippen LogP contribution in [0, 0.1) is 17.2 Å². The lowest BCUT2D eigenvalue weighted by molar-refractivity contribution is -0.157. The van der Waals surface area contributed by atoms with Crippen LogP contribution in [0.3, 0.4) is 0 Å². The minimum absolute atomic E-state index is 0.0185. The topological polar surface area (TPSA) is 104 Å². The molecule has 0 atom stereocenters. The van der Waals surface area contributed by atoms with Crippen molar-refractivity contribution in [1.29, 1.82) is 5.26 Å². The predicted molar refractivity (Wildman–Crippen MR) is 56.6 cm³/mol. The molecule has 0 aromatic carbocycles. The average Bonchev–Trinajstić information content (AvgIpc) is 2.70. The van der Waals surface area contributed by atoms with Gasteiger partial charge in [0.25, 0.3) is 0 Å². The van der Waals surface area contributed by atoms with Gasteiger partial charge in [-0.1, -0.05) is 12.8 Å². The van der Waals surface area contributed by atoms with E-state index in [1.165, 1.54) is 0 Å². The number of nitrogens with zero attached hydrogens (tertiary/aromatic N) is 1. The Hall–Kier alpha value is -1.90. The molecule has 0 heterocycles. The van der Waals surface area contributed by atoms with Crippen LogP contribution < -0.4 is 0 Å². The quantitative estimate of drug-likeness (QED) is 0.576. The molecule has 0 aromatic rings. The first-order valence-corrected chi connectivity index (χ1v) is 5.28. The van der Waals surface area contributed by atoms with E-state index in [0.29, 0.717) is 0 Å². The molecule has 0 bridgehead atoms. The highest BCUT2D eigenvalue weighted by Gasteiger charge is 2.21. The molecule has 1 saturated carbocycles. The maximum Gasteiger partial charge on any atom is 0.327 e. The highest BCUT2D eigenvalue weighted by molar-refractivity contribution is 5.85. The van der Waals surface area contributed by atoms with Crippen molar-refractivity contribution in [3.05, 3.63) is 0 Å². The van der Waals surface area contributed by atoms with Crippen LogP contribution in [0.1, 0.15) is 39.0 Å². The number of hydrogen-bond donors (Lipinski definition) is 1. The summed E-state index contributed by atoms with van der Waals surface area (Å²) in [6, 6.07) is 1.55. The normalized spacial score (nSPS) is 14.1. The van der Waals surface area contributed by atoms with Crippen LogP contribution in [-0.2, 0) is 19.1 Å². The summed E-state index contributed by atoms with van der Waals surface area (Å²) in [5.74, 6) is -2.11. The van der Waals surface area contributed by atoms with E-state index < -0.39 is 17.9 Å². The fraction of sp³-hybridized carbons (Fsp3) is 0.636. The van der Waals surface area contributed by atoms with Crippen LogP contribution >= 0.6 is 0 Å². The summed E-state index contributed by atoms with van der Waals surface area (Å²) < 4.78 is 3.99. The van der Waals surface area contributed by atoms with Crippen molar-refractivity contribution in [3.63, 3.8) is 0 Å². The van der Waals surface area contributed by atoms with Gasteiger partial charge in [0.05, 0.1) is 12.0 Å². The van der Waals surface area contributed by atoms with Gasteiger partial charge in [0.2, 0.25) is 0 Å². The van der Waals surface area contributed by atoms with E-state index in [2.05, 4.69) is 4.74 Å². The van der Waals surface area contributed by atoms with Gasteiger partial charge in [-0.15, -0.1) is 0 Å². The number of carboxylic acids is 1. The summed E-state index contributed by atoms with van der Waals surface area (Å²) in [5, 5.41) is 16.3. The summed E-state index contributed by atoms with van der Waals surface area (Å²) in [6.45, 7) is 1.11. The number of aliphatic carboxylic acids is 1. The van der Waals surface area contributed by atoms with Gasteiger partial charge in [0.15, 0.2) is 0 Å². The van der Waals surface area contributed by atoms with E-state index in [-0.39, 0.29) is 12.3 Å². The molecule has 1 rings (SSSR count). The Morgan fingerprint density at radius 1 is 1.35 bits per heavy atom. The fourth-order valence-corrected chi connectivity index (χ4v) is 1.43. The van der Waals surface area contributed by atoms with Gasteiger partial charge in [-0.05, 0) is 12.8 Å². The second-order valence-corrected chi connectivity index (χ2v) is 3.62. The van der Waals surface area contributed by atoms with Crippen LogP contribution in [0.25, 0.3) is 0 Å². The lowest BCUT2D eigenvalue weighted by atomic mass is 10.1. The Labute approximate surface area is 99.2 Å². The molecule has 0 amide bonds. The molecule has 94 valence electrons. The molecule has 1 aliphatic rings. The molecule has 0 radical (unpaired) electrons. The second-order valence-electron chi connectivity index (χ2n) is 3.62. The monoisotopic (exact) mass is 241 g/mol. The molecule has 0 spiro atoms. The molecule has 17 heavy (non-hydrogen) atoms. The molecule has 1 aliphatic carbocycles. The smallest absolute Gasteiger partial charge is 0.327 e. The summed E-state index contributed by atoms with van der Waals surface area (Å²) in [7, 11) is 0. The zero-order valence-electron chi connectivity index (χ0n) is 9.64. The van der Waals surface area contributed by atoms with Gasteiger partial charge < -0.3 is 9.84 Å². The molecule has 0 saturated heterocycles. The van der Waals surface area contributed by atoms with E-state index in [1.54, 1.807) is 6.07 Å². The summed E-state index contributed by atoms with van der Waals surface area (Å²) in [6.07, 6.45) is 3.64. The number of rotatable bonds is 2. The maximum absolute atomic E-state index is 10.2.